The van der Waals surface area contributed by atoms with Gasteiger partial charge in [-0.1, -0.05) is 44.2 Å². The number of hydrogen-bond donors (Lipinski definition) is 1. The highest BCUT2D eigenvalue weighted by Gasteiger charge is 2.13. The first kappa shape index (κ1) is 15.3. The van der Waals surface area contributed by atoms with E-state index in [-0.39, 0.29) is 11.9 Å². The van der Waals surface area contributed by atoms with E-state index in [1.165, 1.54) is 5.56 Å². The summed E-state index contributed by atoms with van der Waals surface area (Å²) in [5.74, 6) is 0.469. The van der Waals surface area contributed by atoms with Crippen molar-refractivity contribution in [3.05, 3.63) is 77.6 Å². The van der Waals surface area contributed by atoms with Gasteiger partial charge in [0.25, 0.3) is 5.91 Å². The first-order chi connectivity index (χ1) is 11.0. The molecule has 0 saturated heterocycles. The molecule has 0 spiro atoms. The molecule has 0 fully saturated rings. The fraction of sp³-hybridized carbons (Fsp3) is 0.250. The van der Waals surface area contributed by atoms with E-state index in [0.29, 0.717) is 11.5 Å². The number of carbonyl (C=O) groups is 1. The van der Waals surface area contributed by atoms with E-state index < -0.39 is 0 Å². The van der Waals surface area contributed by atoms with Crippen molar-refractivity contribution in [2.45, 2.75) is 32.7 Å². The Balaban J connectivity index is 1.73. The van der Waals surface area contributed by atoms with Gasteiger partial charge in [-0.3, -0.25) is 4.79 Å². The fourth-order valence-electron chi connectivity index (χ4n) is 2.71. The van der Waals surface area contributed by atoms with Gasteiger partial charge in [0.15, 0.2) is 0 Å². The second kappa shape index (κ2) is 6.29. The van der Waals surface area contributed by atoms with Crippen molar-refractivity contribution in [3.63, 3.8) is 0 Å². The number of aromatic nitrogens is 1. The molecule has 0 saturated carbocycles. The van der Waals surface area contributed by atoms with Crippen molar-refractivity contribution in [1.29, 1.82) is 0 Å². The van der Waals surface area contributed by atoms with E-state index in [1.54, 1.807) is 0 Å². The molecule has 118 valence electrons. The lowest BCUT2D eigenvalue weighted by Gasteiger charge is -2.15. The largest absolute Gasteiger partial charge is 0.345 e. The summed E-state index contributed by atoms with van der Waals surface area (Å²) in [5.41, 5.74) is 4.13. The number of pyridine rings is 1. The van der Waals surface area contributed by atoms with E-state index in [0.717, 1.165) is 11.1 Å². The van der Waals surface area contributed by atoms with Crippen molar-refractivity contribution in [2.75, 3.05) is 0 Å². The number of rotatable bonds is 4. The second-order valence-electron chi connectivity index (χ2n) is 6.28. The van der Waals surface area contributed by atoms with Crippen molar-refractivity contribution in [1.82, 2.24) is 9.72 Å². The standard InChI is InChI=1S/C20H22N2O/c1-14(2)16-7-9-17(10-8-16)15(3)21-20(23)18-12-19-6-4-5-11-22(19)13-18/h4-15H,1-3H3,(H,21,23)/t15-/m1/s1. The molecule has 0 radical (unpaired) electrons. The molecule has 3 nitrogen and oxygen atoms in total. The second-order valence-corrected chi connectivity index (χ2v) is 6.28. The Hall–Kier alpha value is -2.55. The van der Waals surface area contributed by atoms with Crippen LogP contribution in [0.25, 0.3) is 5.52 Å². The van der Waals surface area contributed by atoms with Crippen LogP contribution in [0.15, 0.2) is 60.9 Å². The van der Waals surface area contributed by atoms with Gasteiger partial charge in [-0.2, -0.15) is 0 Å². The molecule has 0 bridgehead atoms. The Bertz CT molecular complexity index is 782. The molecular weight excluding hydrogens is 284 g/mol. The van der Waals surface area contributed by atoms with Crippen molar-refractivity contribution < 1.29 is 4.79 Å². The molecule has 1 N–H and O–H groups in total. The predicted octanol–water partition coefficient (Wildman–Crippen LogP) is 4.55. The average molecular weight is 306 g/mol. The Morgan fingerprint density at radius 2 is 1.70 bits per heavy atom. The van der Waals surface area contributed by atoms with E-state index in [4.69, 9.17) is 0 Å². The Morgan fingerprint density at radius 3 is 2.35 bits per heavy atom. The summed E-state index contributed by atoms with van der Waals surface area (Å²) >= 11 is 0. The van der Waals surface area contributed by atoms with E-state index >= 15 is 0 Å². The Kier molecular flexibility index (Phi) is 4.20. The monoisotopic (exact) mass is 306 g/mol. The van der Waals surface area contributed by atoms with Crippen molar-refractivity contribution in [3.8, 4) is 0 Å². The molecule has 0 unspecified atom stereocenters. The third-order valence-electron chi connectivity index (χ3n) is 4.22. The summed E-state index contributed by atoms with van der Waals surface area (Å²) in [5, 5.41) is 3.07. The number of nitrogens with one attached hydrogen (secondary N) is 1. The lowest BCUT2D eigenvalue weighted by molar-refractivity contribution is 0.0940. The van der Waals surface area contributed by atoms with Crippen LogP contribution < -0.4 is 5.32 Å². The molecule has 0 aliphatic rings. The van der Waals surface area contributed by atoms with Gasteiger partial charge in [0.1, 0.15) is 0 Å². The molecule has 2 aromatic heterocycles. The van der Waals surface area contributed by atoms with Crippen LogP contribution in [0.1, 0.15) is 54.2 Å². The number of carbonyl (C=O) groups excluding carboxylic acids is 1. The number of nitrogens with zero attached hydrogens (tertiary/aromatic N) is 1. The summed E-state index contributed by atoms with van der Waals surface area (Å²) in [6, 6.07) is 16.3. The van der Waals surface area contributed by atoms with Crippen LogP contribution in [0, 0.1) is 0 Å². The normalized spacial score (nSPS) is 12.5. The zero-order valence-corrected chi connectivity index (χ0v) is 13.8. The minimum atomic E-state index is -0.0471. The minimum Gasteiger partial charge on any atom is -0.345 e. The highest BCUT2D eigenvalue weighted by atomic mass is 16.1. The van der Waals surface area contributed by atoms with Crippen molar-refractivity contribution in [2.24, 2.45) is 0 Å². The highest BCUT2D eigenvalue weighted by Crippen LogP contribution is 2.19. The van der Waals surface area contributed by atoms with Gasteiger partial charge < -0.3 is 9.72 Å². The van der Waals surface area contributed by atoms with Gasteiger partial charge in [-0.15, -0.1) is 0 Å². The van der Waals surface area contributed by atoms with Crippen LogP contribution in [0.4, 0.5) is 0 Å². The van der Waals surface area contributed by atoms with Crippen LogP contribution >= 0.6 is 0 Å². The number of amides is 1. The number of fused-ring (bicyclic) bond motifs is 1. The van der Waals surface area contributed by atoms with Crippen LogP contribution in [0.2, 0.25) is 0 Å². The minimum absolute atomic E-state index is 0.0216. The first-order valence-corrected chi connectivity index (χ1v) is 8.02. The zero-order valence-electron chi connectivity index (χ0n) is 13.8. The third-order valence-corrected chi connectivity index (χ3v) is 4.22. The molecule has 3 aromatic rings. The maximum atomic E-state index is 12.4. The molecular formula is C20H22N2O. The summed E-state index contributed by atoms with van der Waals surface area (Å²) in [6.07, 6.45) is 3.80. The average Bonchev–Trinajstić information content (AvgIpc) is 2.99. The molecule has 0 aliphatic heterocycles. The molecule has 0 aliphatic carbocycles. The van der Waals surface area contributed by atoms with Crippen LogP contribution in [0.3, 0.4) is 0 Å². The van der Waals surface area contributed by atoms with Gasteiger partial charge in [0.05, 0.1) is 11.6 Å². The van der Waals surface area contributed by atoms with Crippen LogP contribution in [-0.2, 0) is 0 Å². The molecule has 3 heteroatoms. The molecule has 1 atom stereocenters. The van der Waals surface area contributed by atoms with Gasteiger partial charge in [-0.05, 0) is 42.2 Å². The maximum Gasteiger partial charge on any atom is 0.253 e. The molecule has 23 heavy (non-hydrogen) atoms. The fourth-order valence-corrected chi connectivity index (χ4v) is 2.71. The summed E-state index contributed by atoms with van der Waals surface area (Å²) in [7, 11) is 0. The third kappa shape index (κ3) is 3.29. The number of hydrogen-bond acceptors (Lipinski definition) is 1. The molecule has 2 heterocycles. The van der Waals surface area contributed by atoms with Gasteiger partial charge >= 0.3 is 0 Å². The topological polar surface area (TPSA) is 33.5 Å². The molecule has 1 aromatic carbocycles. The van der Waals surface area contributed by atoms with E-state index in [1.807, 2.05) is 48.0 Å². The highest BCUT2D eigenvalue weighted by molar-refractivity contribution is 5.95. The van der Waals surface area contributed by atoms with Gasteiger partial charge in [0.2, 0.25) is 0 Å². The lowest BCUT2D eigenvalue weighted by atomic mass is 9.99. The summed E-state index contributed by atoms with van der Waals surface area (Å²) in [6.45, 7) is 6.37. The SMILES string of the molecule is CC(C)c1ccc([C@@H](C)NC(=O)c2cc3ccccn3c2)cc1. The smallest absolute Gasteiger partial charge is 0.253 e. The molecule has 3 rings (SSSR count). The van der Waals surface area contributed by atoms with Gasteiger partial charge in [0, 0.05) is 17.9 Å². The number of benzene rings is 1. The van der Waals surface area contributed by atoms with E-state index in [9.17, 15) is 4.79 Å². The Labute approximate surface area is 137 Å². The van der Waals surface area contributed by atoms with Crippen LogP contribution in [-0.4, -0.2) is 10.3 Å². The summed E-state index contributed by atoms with van der Waals surface area (Å²) < 4.78 is 1.96. The summed E-state index contributed by atoms with van der Waals surface area (Å²) in [4.78, 5) is 12.4. The lowest BCUT2D eigenvalue weighted by Crippen LogP contribution is -2.26. The first-order valence-electron chi connectivity index (χ1n) is 8.02. The predicted molar refractivity (Wildman–Crippen MR) is 93.8 cm³/mol. The van der Waals surface area contributed by atoms with Crippen LogP contribution in [0.5, 0.6) is 0 Å². The quantitative estimate of drug-likeness (QED) is 0.753. The zero-order chi connectivity index (χ0) is 16.4. The maximum absolute atomic E-state index is 12.4. The van der Waals surface area contributed by atoms with Gasteiger partial charge in [-0.25, -0.2) is 0 Å². The van der Waals surface area contributed by atoms with Crippen molar-refractivity contribution >= 4 is 11.4 Å². The van der Waals surface area contributed by atoms with E-state index in [2.05, 4.69) is 43.4 Å². The molecule has 1 amide bonds. The Morgan fingerprint density at radius 1 is 1.00 bits per heavy atom.